The van der Waals surface area contributed by atoms with Gasteiger partial charge in [0.05, 0.1) is 36.2 Å². The number of anilines is 3. The van der Waals surface area contributed by atoms with E-state index in [1.807, 2.05) is 37.6 Å². The van der Waals surface area contributed by atoms with E-state index in [2.05, 4.69) is 64.4 Å². The lowest BCUT2D eigenvalue weighted by atomic mass is 9.86. The maximum Gasteiger partial charge on any atom is 0.408 e. The molecule has 1 unspecified atom stereocenters. The van der Waals surface area contributed by atoms with E-state index in [-0.39, 0.29) is 12.1 Å². The minimum Gasteiger partial charge on any atom is -0.444 e. The molecule has 1 atom stereocenters. The number of nitrogens with one attached hydrogen (secondary N) is 2. The van der Waals surface area contributed by atoms with Gasteiger partial charge in [-0.25, -0.2) is 14.8 Å². The molecule has 46 heavy (non-hydrogen) atoms. The third-order valence-corrected chi connectivity index (χ3v) is 8.87. The SMILES string of the molecule is CC(C)(C)OC(=O)NC1CCCc2cc(-c3cc(Nc4cc5n(n4)CCN(CCN4CCn6nc(N)cc6C4)C5)ncn3)ccc21. The number of fused-ring (bicyclic) bond motifs is 3. The summed E-state index contributed by atoms with van der Waals surface area (Å²) in [5, 5.41) is 15.6. The highest BCUT2D eigenvalue weighted by atomic mass is 16.6. The van der Waals surface area contributed by atoms with Crippen LogP contribution in [0.15, 0.2) is 42.7 Å². The van der Waals surface area contributed by atoms with Gasteiger partial charge in [-0.15, -0.1) is 0 Å². The molecule has 5 heterocycles. The van der Waals surface area contributed by atoms with Gasteiger partial charge < -0.3 is 21.1 Å². The average molecular weight is 626 g/mol. The number of aryl methyl sites for hydroxylation is 1. The lowest BCUT2D eigenvalue weighted by molar-refractivity contribution is 0.0498. The quantitative estimate of drug-likeness (QED) is 0.275. The smallest absolute Gasteiger partial charge is 0.408 e. The molecule has 2 aliphatic heterocycles. The molecule has 0 saturated carbocycles. The number of carbonyl (C=O) groups is 1. The van der Waals surface area contributed by atoms with Gasteiger partial charge >= 0.3 is 6.09 Å². The van der Waals surface area contributed by atoms with Crippen LogP contribution in [-0.4, -0.2) is 77.2 Å². The van der Waals surface area contributed by atoms with E-state index in [4.69, 9.17) is 15.6 Å². The van der Waals surface area contributed by atoms with Crippen molar-refractivity contribution in [2.75, 3.05) is 37.2 Å². The molecule has 3 aliphatic rings. The van der Waals surface area contributed by atoms with Crippen molar-refractivity contribution in [1.82, 2.24) is 44.6 Å². The number of aromatic nitrogens is 6. The van der Waals surface area contributed by atoms with Gasteiger partial charge in [0.15, 0.2) is 5.82 Å². The molecular formula is C33H43N11O2. The normalized spacial score (nSPS) is 18.4. The topological polar surface area (TPSA) is 144 Å². The van der Waals surface area contributed by atoms with E-state index in [1.165, 1.54) is 17.0 Å². The van der Waals surface area contributed by atoms with E-state index >= 15 is 0 Å². The van der Waals surface area contributed by atoms with Crippen LogP contribution in [0.4, 0.5) is 22.2 Å². The summed E-state index contributed by atoms with van der Waals surface area (Å²) < 4.78 is 9.61. The highest BCUT2D eigenvalue weighted by Crippen LogP contribution is 2.33. The summed E-state index contributed by atoms with van der Waals surface area (Å²) in [6, 6.07) is 12.4. The second-order valence-corrected chi connectivity index (χ2v) is 13.5. The number of alkyl carbamates (subject to hydrolysis) is 1. The van der Waals surface area contributed by atoms with E-state index < -0.39 is 5.60 Å². The minimum atomic E-state index is -0.531. The van der Waals surface area contributed by atoms with E-state index in [9.17, 15) is 4.79 Å². The Morgan fingerprint density at radius 1 is 0.935 bits per heavy atom. The zero-order valence-corrected chi connectivity index (χ0v) is 26.9. The number of nitrogens with two attached hydrogens (primary N) is 1. The van der Waals surface area contributed by atoms with Gasteiger partial charge in [-0.3, -0.25) is 19.2 Å². The van der Waals surface area contributed by atoms with E-state index in [1.54, 1.807) is 6.33 Å². The van der Waals surface area contributed by atoms with Crippen molar-refractivity contribution in [3.8, 4) is 11.3 Å². The van der Waals surface area contributed by atoms with Gasteiger partial charge in [0.2, 0.25) is 0 Å². The Balaban J connectivity index is 0.968. The van der Waals surface area contributed by atoms with Crippen molar-refractivity contribution in [2.24, 2.45) is 0 Å². The second kappa shape index (κ2) is 12.4. The first-order valence-corrected chi connectivity index (χ1v) is 16.2. The third kappa shape index (κ3) is 6.85. The predicted molar refractivity (Wildman–Crippen MR) is 175 cm³/mol. The molecule has 1 aromatic carbocycles. The van der Waals surface area contributed by atoms with Crippen molar-refractivity contribution in [3.05, 3.63) is 65.2 Å². The summed E-state index contributed by atoms with van der Waals surface area (Å²) in [5.74, 6) is 2.08. The molecule has 4 aromatic rings. The Hall–Kier alpha value is -4.49. The fraction of sp³-hybridized carbons (Fsp3) is 0.485. The number of nitrogens with zero attached hydrogens (tertiary/aromatic N) is 8. The zero-order valence-electron chi connectivity index (χ0n) is 26.9. The number of ether oxygens (including phenoxy) is 1. The first-order chi connectivity index (χ1) is 22.1. The third-order valence-electron chi connectivity index (χ3n) is 8.87. The van der Waals surface area contributed by atoms with Crippen molar-refractivity contribution < 1.29 is 9.53 Å². The molecule has 0 fully saturated rings. The van der Waals surface area contributed by atoms with Crippen LogP contribution in [0.5, 0.6) is 0 Å². The van der Waals surface area contributed by atoms with Crippen molar-refractivity contribution >= 4 is 23.5 Å². The van der Waals surface area contributed by atoms with Crippen LogP contribution in [-0.2, 0) is 37.3 Å². The number of hydrogen-bond donors (Lipinski definition) is 3. The number of benzene rings is 1. The molecule has 0 radical (unpaired) electrons. The standard InChI is InChI=1S/C33H43N11O2/c1-33(2,3)46-32(45)37-27-6-4-5-22-15-23(7-8-26(22)27)28-18-30(36-21-35-28)38-31-17-25-20-42(12-14-44(25)40-31)10-9-41-11-13-43-24(19-41)16-29(34)39-43/h7-8,15-18,21,27H,4-6,9-14,19-20H2,1-3H3,(H2,34,39)(H,37,45)(H,35,36,38,40). The van der Waals surface area contributed by atoms with E-state index in [0.717, 1.165) is 94.3 Å². The van der Waals surface area contributed by atoms with Crippen LogP contribution in [0.25, 0.3) is 11.3 Å². The largest absolute Gasteiger partial charge is 0.444 e. The number of amides is 1. The first kappa shape index (κ1) is 30.2. The van der Waals surface area contributed by atoms with E-state index in [0.29, 0.717) is 11.6 Å². The molecule has 0 saturated heterocycles. The lowest BCUT2D eigenvalue weighted by Crippen LogP contribution is -2.42. The lowest BCUT2D eigenvalue weighted by Gasteiger charge is -2.32. The average Bonchev–Trinajstić information content (AvgIpc) is 3.60. The summed E-state index contributed by atoms with van der Waals surface area (Å²) in [4.78, 5) is 26.5. The molecule has 7 rings (SSSR count). The summed E-state index contributed by atoms with van der Waals surface area (Å²) in [6.45, 7) is 13.1. The summed E-state index contributed by atoms with van der Waals surface area (Å²) in [7, 11) is 0. The molecule has 1 aliphatic carbocycles. The number of nitrogen functional groups attached to an aromatic ring is 1. The van der Waals surface area contributed by atoms with Gasteiger partial charge in [0.25, 0.3) is 0 Å². The Labute approximate surface area is 269 Å². The second-order valence-electron chi connectivity index (χ2n) is 13.5. The maximum atomic E-state index is 12.4. The molecule has 0 bridgehead atoms. The van der Waals surface area contributed by atoms with Gasteiger partial charge in [-0.05, 0) is 57.2 Å². The van der Waals surface area contributed by atoms with Gasteiger partial charge in [-0.1, -0.05) is 12.1 Å². The summed E-state index contributed by atoms with van der Waals surface area (Å²) in [6.07, 6.45) is 4.05. The molecule has 4 N–H and O–H groups in total. The fourth-order valence-electron chi connectivity index (χ4n) is 6.68. The molecular weight excluding hydrogens is 582 g/mol. The molecule has 13 heteroatoms. The van der Waals surface area contributed by atoms with Crippen molar-refractivity contribution in [3.63, 3.8) is 0 Å². The van der Waals surface area contributed by atoms with Gasteiger partial charge in [0.1, 0.15) is 23.6 Å². The van der Waals surface area contributed by atoms with Crippen molar-refractivity contribution in [2.45, 2.75) is 77.9 Å². The minimum absolute atomic E-state index is 0.0616. The van der Waals surface area contributed by atoms with Crippen molar-refractivity contribution in [1.29, 1.82) is 0 Å². The first-order valence-electron chi connectivity index (χ1n) is 16.2. The number of hydrogen-bond acceptors (Lipinski definition) is 10. The van der Waals surface area contributed by atoms with Crippen LogP contribution in [0.1, 0.15) is 62.2 Å². The highest BCUT2D eigenvalue weighted by molar-refractivity contribution is 5.69. The number of carbonyl (C=O) groups excluding carboxylic acids is 1. The Kier molecular flexibility index (Phi) is 8.11. The van der Waals surface area contributed by atoms with Crippen LogP contribution in [0.2, 0.25) is 0 Å². The van der Waals surface area contributed by atoms with Gasteiger partial charge in [0, 0.05) is 63.0 Å². The molecule has 1 amide bonds. The monoisotopic (exact) mass is 625 g/mol. The summed E-state index contributed by atoms with van der Waals surface area (Å²) >= 11 is 0. The number of rotatable bonds is 7. The maximum absolute atomic E-state index is 12.4. The Morgan fingerprint density at radius 2 is 1.67 bits per heavy atom. The highest BCUT2D eigenvalue weighted by Gasteiger charge is 2.26. The molecule has 242 valence electrons. The Morgan fingerprint density at radius 3 is 2.43 bits per heavy atom. The fourth-order valence-corrected chi connectivity index (χ4v) is 6.68. The molecule has 3 aromatic heterocycles. The Bertz CT molecular complexity index is 1720. The predicted octanol–water partition coefficient (Wildman–Crippen LogP) is 4.10. The van der Waals surface area contributed by atoms with Crippen LogP contribution in [0.3, 0.4) is 0 Å². The van der Waals surface area contributed by atoms with Crippen LogP contribution >= 0.6 is 0 Å². The van der Waals surface area contributed by atoms with Crippen LogP contribution in [0, 0.1) is 0 Å². The van der Waals surface area contributed by atoms with Gasteiger partial charge in [-0.2, -0.15) is 10.2 Å². The zero-order chi connectivity index (χ0) is 31.8. The molecule has 0 spiro atoms. The summed E-state index contributed by atoms with van der Waals surface area (Å²) in [5.41, 5.74) is 11.9. The molecule has 13 nitrogen and oxygen atoms in total. The van der Waals surface area contributed by atoms with Crippen LogP contribution < -0.4 is 16.4 Å².